The largest absolute Gasteiger partial charge is 0.563 e. The molecule has 6 heteroatoms. The van der Waals surface area contributed by atoms with Crippen LogP contribution in [-0.4, -0.2) is 17.3 Å². The number of fused-ring (bicyclic) bond motifs is 5. The SMILES string of the molecule is C=C1OB(c2ccc3c(c2)OC(CC)n2c-3cc3cc(Cl)ccc32)OC1(C)C. The molecule has 2 aromatic carbocycles. The fourth-order valence-electron chi connectivity index (χ4n) is 3.95. The van der Waals surface area contributed by atoms with E-state index in [4.69, 9.17) is 25.6 Å². The van der Waals surface area contributed by atoms with E-state index in [0.29, 0.717) is 5.76 Å². The number of rotatable bonds is 2. The first-order valence-electron chi connectivity index (χ1n) is 9.52. The van der Waals surface area contributed by atoms with Gasteiger partial charge in [0.15, 0.2) is 6.23 Å². The first-order chi connectivity index (χ1) is 13.4. The van der Waals surface area contributed by atoms with E-state index in [1.165, 1.54) is 0 Å². The summed E-state index contributed by atoms with van der Waals surface area (Å²) in [7, 11) is -0.469. The highest BCUT2D eigenvalue weighted by Crippen LogP contribution is 2.43. The van der Waals surface area contributed by atoms with Crippen LogP contribution in [0.15, 0.2) is 54.8 Å². The Hall–Kier alpha value is -2.37. The van der Waals surface area contributed by atoms with Gasteiger partial charge in [0.2, 0.25) is 0 Å². The van der Waals surface area contributed by atoms with Gasteiger partial charge < -0.3 is 18.6 Å². The Morgan fingerprint density at radius 3 is 2.71 bits per heavy atom. The van der Waals surface area contributed by atoms with Gasteiger partial charge in [-0.3, -0.25) is 0 Å². The zero-order valence-corrected chi connectivity index (χ0v) is 16.9. The van der Waals surface area contributed by atoms with Crippen molar-refractivity contribution in [1.82, 2.24) is 4.57 Å². The lowest BCUT2D eigenvalue weighted by Gasteiger charge is -2.29. The van der Waals surface area contributed by atoms with E-state index >= 15 is 0 Å². The monoisotopic (exact) mass is 393 g/mol. The molecule has 0 amide bonds. The molecule has 4 nitrogen and oxygen atoms in total. The smallest absolute Gasteiger partial charge is 0.534 e. The molecule has 1 saturated heterocycles. The topological polar surface area (TPSA) is 32.6 Å². The van der Waals surface area contributed by atoms with E-state index in [1.807, 2.05) is 38.1 Å². The van der Waals surface area contributed by atoms with Crippen molar-refractivity contribution in [2.24, 2.45) is 0 Å². The molecule has 28 heavy (non-hydrogen) atoms. The molecule has 1 unspecified atom stereocenters. The molecule has 0 spiro atoms. The Labute approximate surface area is 169 Å². The number of hydrogen-bond acceptors (Lipinski definition) is 3. The van der Waals surface area contributed by atoms with Crippen LogP contribution in [0.4, 0.5) is 0 Å². The average molecular weight is 394 g/mol. The Morgan fingerprint density at radius 1 is 1.18 bits per heavy atom. The van der Waals surface area contributed by atoms with Gasteiger partial charge in [0.05, 0.1) is 17.0 Å². The average Bonchev–Trinajstić information content (AvgIpc) is 3.17. The second-order valence-electron chi connectivity index (χ2n) is 7.84. The Morgan fingerprint density at radius 2 is 2.00 bits per heavy atom. The molecule has 1 atom stereocenters. The van der Waals surface area contributed by atoms with Gasteiger partial charge in [0.25, 0.3) is 0 Å². The summed E-state index contributed by atoms with van der Waals surface area (Å²) in [6.07, 6.45) is 0.775. The standard InChI is InChI=1S/C22H21BClNO3/c1-5-21-25-18-9-7-16(24)10-14(18)11-19(25)17-8-6-15(12-20(17)26-21)23-27-13(2)22(3,4)28-23/h6-12,21H,2,5H2,1,3-4H3. The maximum absolute atomic E-state index is 6.38. The van der Waals surface area contributed by atoms with Crippen LogP contribution in [0.3, 0.4) is 0 Å². The van der Waals surface area contributed by atoms with Crippen molar-refractivity contribution < 1.29 is 14.0 Å². The van der Waals surface area contributed by atoms with Crippen LogP contribution in [-0.2, 0) is 9.31 Å². The van der Waals surface area contributed by atoms with Crippen molar-refractivity contribution in [1.29, 1.82) is 0 Å². The third kappa shape index (κ3) is 2.57. The molecule has 2 aliphatic heterocycles. The second kappa shape index (κ2) is 6.06. The Kier molecular flexibility index (Phi) is 3.84. The predicted octanol–water partition coefficient (Wildman–Crippen LogP) is 5.30. The lowest BCUT2D eigenvalue weighted by molar-refractivity contribution is 0.128. The van der Waals surface area contributed by atoms with Crippen LogP contribution in [0, 0.1) is 0 Å². The molecule has 0 radical (unpaired) electrons. The lowest BCUT2D eigenvalue weighted by atomic mass is 9.78. The number of aromatic nitrogens is 1. The molecule has 0 aliphatic carbocycles. The molecule has 5 rings (SSSR count). The fourth-order valence-corrected chi connectivity index (χ4v) is 4.13. The van der Waals surface area contributed by atoms with E-state index < -0.39 is 12.7 Å². The highest BCUT2D eigenvalue weighted by molar-refractivity contribution is 6.62. The van der Waals surface area contributed by atoms with Gasteiger partial charge in [-0.05, 0) is 50.2 Å². The number of benzene rings is 2. The lowest BCUT2D eigenvalue weighted by Crippen LogP contribution is -2.35. The third-order valence-corrected chi connectivity index (χ3v) is 5.81. The first kappa shape index (κ1) is 17.7. The molecule has 0 N–H and O–H groups in total. The molecule has 142 valence electrons. The maximum Gasteiger partial charge on any atom is 0.563 e. The van der Waals surface area contributed by atoms with Gasteiger partial charge >= 0.3 is 7.12 Å². The second-order valence-corrected chi connectivity index (χ2v) is 8.28. The summed E-state index contributed by atoms with van der Waals surface area (Å²) in [6.45, 7) is 10.0. The van der Waals surface area contributed by atoms with E-state index in [9.17, 15) is 0 Å². The summed E-state index contributed by atoms with van der Waals surface area (Å²) < 4.78 is 20.5. The summed E-state index contributed by atoms with van der Waals surface area (Å²) in [5.74, 6) is 1.48. The highest BCUT2D eigenvalue weighted by Gasteiger charge is 2.43. The van der Waals surface area contributed by atoms with Crippen molar-refractivity contribution >= 4 is 35.1 Å². The van der Waals surface area contributed by atoms with Crippen molar-refractivity contribution in [3.8, 4) is 17.0 Å². The summed E-state index contributed by atoms with van der Waals surface area (Å²) in [5.41, 5.74) is 3.74. The van der Waals surface area contributed by atoms with E-state index in [-0.39, 0.29) is 6.23 Å². The van der Waals surface area contributed by atoms with Crippen LogP contribution in [0.2, 0.25) is 5.02 Å². The zero-order chi connectivity index (χ0) is 19.6. The Balaban J connectivity index is 1.62. The molecular weight excluding hydrogens is 373 g/mol. The Bertz CT molecular complexity index is 1120. The van der Waals surface area contributed by atoms with Gasteiger partial charge in [-0.15, -0.1) is 0 Å². The van der Waals surface area contributed by atoms with Crippen LogP contribution < -0.4 is 10.2 Å². The minimum absolute atomic E-state index is 0.0757. The molecule has 1 fully saturated rings. The third-order valence-electron chi connectivity index (χ3n) is 5.58. The van der Waals surface area contributed by atoms with Crippen molar-refractivity contribution in [3.63, 3.8) is 0 Å². The quantitative estimate of drug-likeness (QED) is 0.554. The molecule has 3 heterocycles. The highest BCUT2D eigenvalue weighted by atomic mass is 35.5. The summed E-state index contributed by atoms with van der Waals surface area (Å²) >= 11 is 6.21. The molecular formula is C22H21BClNO3. The molecule has 0 bridgehead atoms. The minimum atomic E-state index is -0.501. The van der Waals surface area contributed by atoms with Crippen LogP contribution in [0.5, 0.6) is 5.75 Å². The molecule has 0 saturated carbocycles. The van der Waals surface area contributed by atoms with Crippen molar-refractivity contribution in [2.75, 3.05) is 0 Å². The normalized spacial score (nSPS) is 19.9. The van der Waals surface area contributed by atoms with Gasteiger partial charge in [0, 0.05) is 27.9 Å². The number of hydrogen-bond donors (Lipinski definition) is 0. The van der Waals surface area contributed by atoms with Crippen LogP contribution in [0.1, 0.15) is 33.4 Å². The zero-order valence-electron chi connectivity index (χ0n) is 16.2. The van der Waals surface area contributed by atoms with Gasteiger partial charge in [-0.1, -0.05) is 31.2 Å². The fraction of sp³-hybridized carbons (Fsp3) is 0.273. The summed E-state index contributed by atoms with van der Waals surface area (Å²) in [4.78, 5) is 0. The predicted molar refractivity (Wildman–Crippen MR) is 113 cm³/mol. The van der Waals surface area contributed by atoms with Gasteiger partial charge in [-0.2, -0.15) is 0 Å². The number of ether oxygens (including phenoxy) is 1. The van der Waals surface area contributed by atoms with Crippen LogP contribution >= 0.6 is 11.6 Å². The van der Waals surface area contributed by atoms with Crippen LogP contribution in [0.25, 0.3) is 22.2 Å². The number of nitrogens with zero attached hydrogens (tertiary/aromatic N) is 1. The molecule has 1 aromatic heterocycles. The summed E-state index contributed by atoms with van der Waals surface area (Å²) in [6, 6.07) is 14.3. The molecule has 2 aliphatic rings. The van der Waals surface area contributed by atoms with Gasteiger partial charge in [-0.25, -0.2) is 0 Å². The van der Waals surface area contributed by atoms with Crippen molar-refractivity contribution in [2.45, 2.75) is 39.0 Å². The van der Waals surface area contributed by atoms with Gasteiger partial charge in [0.1, 0.15) is 11.4 Å². The first-order valence-corrected chi connectivity index (χ1v) is 9.90. The van der Waals surface area contributed by atoms with E-state index in [1.54, 1.807) is 0 Å². The van der Waals surface area contributed by atoms with E-state index in [2.05, 4.69) is 36.3 Å². The summed E-state index contributed by atoms with van der Waals surface area (Å²) in [5, 5.41) is 1.85. The molecule has 3 aromatic rings. The van der Waals surface area contributed by atoms with E-state index in [0.717, 1.165) is 44.8 Å². The number of halogens is 1. The minimum Gasteiger partial charge on any atom is -0.534 e. The maximum atomic E-state index is 6.38. The van der Waals surface area contributed by atoms with Crippen molar-refractivity contribution in [3.05, 3.63) is 59.8 Å².